The van der Waals surface area contributed by atoms with Crippen molar-refractivity contribution in [1.82, 2.24) is 9.97 Å². The minimum Gasteiger partial charge on any atom is -0.352 e. The summed E-state index contributed by atoms with van der Waals surface area (Å²) >= 11 is 0. The summed E-state index contributed by atoms with van der Waals surface area (Å²) in [5.74, 6) is 0.523. The molecule has 1 heterocycles. The van der Waals surface area contributed by atoms with Crippen molar-refractivity contribution in [1.29, 1.82) is 0 Å². The summed E-state index contributed by atoms with van der Waals surface area (Å²) in [5.41, 5.74) is 3.50. The van der Waals surface area contributed by atoms with Crippen LogP contribution in [0.2, 0.25) is 0 Å². The Labute approximate surface area is 128 Å². The van der Waals surface area contributed by atoms with Crippen molar-refractivity contribution < 1.29 is 4.39 Å². The lowest BCUT2D eigenvalue weighted by Gasteiger charge is -2.27. The molecular weight excluding hydrogens is 277 g/mol. The minimum absolute atomic E-state index is 0.260. The molecule has 1 aromatic heterocycles. The molecular formula is C18H16FN3. The van der Waals surface area contributed by atoms with Crippen LogP contribution in [0.4, 0.5) is 10.2 Å². The molecule has 0 radical (unpaired) electrons. The molecule has 4 heteroatoms. The Balaban J connectivity index is 1.81. The smallest absolute Gasteiger partial charge is 0.140 e. The number of aryl methyl sites for hydroxylation is 1. The summed E-state index contributed by atoms with van der Waals surface area (Å²) in [6.07, 6.45) is 3.67. The predicted molar refractivity (Wildman–Crippen MR) is 85.4 cm³/mol. The first kappa shape index (κ1) is 13.2. The first-order chi connectivity index (χ1) is 10.7. The maximum absolute atomic E-state index is 13.6. The Kier molecular flexibility index (Phi) is 3.03. The van der Waals surface area contributed by atoms with Gasteiger partial charge < -0.3 is 4.90 Å². The molecule has 1 unspecified atom stereocenters. The third kappa shape index (κ3) is 2.03. The van der Waals surface area contributed by atoms with Crippen LogP contribution in [-0.2, 0) is 6.42 Å². The Morgan fingerprint density at radius 3 is 2.91 bits per heavy atom. The van der Waals surface area contributed by atoms with Crippen LogP contribution in [0.25, 0.3) is 10.9 Å². The van der Waals surface area contributed by atoms with E-state index in [4.69, 9.17) is 0 Å². The number of hydrogen-bond acceptors (Lipinski definition) is 3. The fraction of sp³-hybridized carbons (Fsp3) is 0.222. The summed E-state index contributed by atoms with van der Waals surface area (Å²) in [6.45, 7) is 0. The number of hydrogen-bond donors (Lipinski definition) is 0. The Hall–Kier alpha value is -2.49. The molecule has 3 aromatic rings. The van der Waals surface area contributed by atoms with Crippen LogP contribution < -0.4 is 4.90 Å². The predicted octanol–water partition coefficient (Wildman–Crippen LogP) is 3.89. The van der Waals surface area contributed by atoms with Gasteiger partial charge in [0.05, 0.1) is 11.6 Å². The molecule has 0 saturated heterocycles. The van der Waals surface area contributed by atoms with E-state index in [1.54, 1.807) is 12.4 Å². The zero-order valence-electron chi connectivity index (χ0n) is 12.3. The third-order valence-corrected chi connectivity index (χ3v) is 4.48. The lowest BCUT2D eigenvalue weighted by atomic mass is 10.1. The maximum atomic E-state index is 13.6. The van der Waals surface area contributed by atoms with Crippen molar-refractivity contribution in [2.24, 2.45) is 0 Å². The second-order valence-electron chi connectivity index (χ2n) is 5.72. The topological polar surface area (TPSA) is 29.0 Å². The number of anilines is 1. The average Bonchev–Trinajstić information content (AvgIpc) is 2.97. The maximum Gasteiger partial charge on any atom is 0.140 e. The highest BCUT2D eigenvalue weighted by Crippen LogP contribution is 2.38. The highest BCUT2D eigenvalue weighted by Gasteiger charge is 2.27. The van der Waals surface area contributed by atoms with Gasteiger partial charge in [0.25, 0.3) is 0 Å². The molecule has 110 valence electrons. The van der Waals surface area contributed by atoms with Crippen LogP contribution in [0.1, 0.15) is 23.6 Å². The van der Waals surface area contributed by atoms with Crippen LogP contribution in [0, 0.1) is 5.82 Å². The van der Waals surface area contributed by atoms with Gasteiger partial charge in [-0.2, -0.15) is 0 Å². The van der Waals surface area contributed by atoms with Gasteiger partial charge in [0.15, 0.2) is 0 Å². The molecule has 4 rings (SSSR count). The monoisotopic (exact) mass is 293 g/mol. The summed E-state index contributed by atoms with van der Waals surface area (Å²) < 4.78 is 13.6. The molecule has 0 N–H and O–H groups in total. The lowest BCUT2D eigenvalue weighted by Crippen LogP contribution is -2.23. The zero-order chi connectivity index (χ0) is 15.1. The Morgan fingerprint density at radius 1 is 1.14 bits per heavy atom. The average molecular weight is 293 g/mol. The Morgan fingerprint density at radius 2 is 2.00 bits per heavy atom. The number of aromatic nitrogens is 2. The first-order valence-corrected chi connectivity index (χ1v) is 7.45. The van der Waals surface area contributed by atoms with Gasteiger partial charge in [0.2, 0.25) is 0 Å². The second kappa shape index (κ2) is 5.05. The number of benzene rings is 2. The van der Waals surface area contributed by atoms with Crippen LogP contribution in [0.3, 0.4) is 0 Å². The van der Waals surface area contributed by atoms with Gasteiger partial charge in [-0.3, -0.25) is 0 Å². The van der Waals surface area contributed by atoms with E-state index in [0.717, 1.165) is 29.6 Å². The Bertz CT molecular complexity index is 847. The molecule has 0 fully saturated rings. The standard InChI is InChI=1S/C18H16FN3/c1-22(17-9-6-12-4-2-3-5-14(12)17)18-15-10-13(19)7-8-16(15)20-11-21-18/h2-5,7-8,10-11,17H,6,9H2,1H3. The summed E-state index contributed by atoms with van der Waals surface area (Å²) in [7, 11) is 2.03. The van der Waals surface area contributed by atoms with Gasteiger partial charge in [-0.1, -0.05) is 24.3 Å². The zero-order valence-corrected chi connectivity index (χ0v) is 12.3. The molecule has 0 spiro atoms. The van der Waals surface area contributed by atoms with Crippen LogP contribution in [0.15, 0.2) is 48.8 Å². The minimum atomic E-state index is -0.260. The van der Waals surface area contributed by atoms with Crippen molar-refractivity contribution in [3.8, 4) is 0 Å². The highest BCUT2D eigenvalue weighted by atomic mass is 19.1. The van der Waals surface area contributed by atoms with Gasteiger partial charge in [0.1, 0.15) is 18.0 Å². The van der Waals surface area contributed by atoms with E-state index in [9.17, 15) is 4.39 Å². The molecule has 1 aliphatic rings. The number of rotatable bonds is 2. The van der Waals surface area contributed by atoms with E-state index in [2.05, 4.69) is 39.1 Å². The van der Waals surface area contributed by atoms with Gasteiger partial charge in [-0.05, 0) is 42.2 Å². The molecule has 1 atom stereocenters. The molecule has 22 heavy (non-hydrogen) atoms. The van der Waals surface area contributed by atoms with Crippen LogP contribution in [0.5, 0.6) is 0 Å². The highest BCUT2D eigenvalue weighted by molar-refractivity contribution is 5.89. The van der Waals surface area contributed by atoms with Crippen LogP contribution >= 0.6 is 0 Å². The largest absolute Gasteiger partial charge is 0.352 e. The third-order valence-electron chi connectivity index (χ3n) is 4.48. The van der Waals surface area contributed by atoms with Crippen molar-refractivity contribution >= 4 is 16.7 Å². The van der Waals surface area contributed by atoms with Gasteiger partial charge >= 0.3 is 0 Å². The van der Waals surface area contributed by atoms with E-state index in [1.807, 2.05) is 7.05 Å². The van der Waals surface area contributed by atoms with E-state index in [1.165, 1.54) is 23.3 Å². The van der Waals surface area contributed by atoms with Crippen molar-refractivity contribution in [3.63, 3.8) is 0 Å². The molecule has 0 aliphatic heterocycles. The quantitative estimate of drug-likeness (QED) is 0.717. The van der Waals surface area contributed by atoms with Gasteiger partial charge in [-0.25, -0.2) is 14.4 Å². The molecule has 0 bridgehead atoms. The van der Waals surface area contributed by atoms with E-state index in [0.29, 0.717) is 0 Å². The van der Waals surface area contributed by atoms with Gasteiger partial charge in [-0.15, -0.1) is 0 Å². The van der Waals surface area contributed by atoms with E-state index < -0.39 is 0 Å². The second-order valence-corrected chi connectivity index (χ2v) is 5.72. The SMILES string of the molecule is CN(c1ncnc2ccc(F)cc12)C1CCc2ccccc21. The first-order valence-electron chi connectivity index (χ1n) is 7.45. The van der Waals surface area contributed by atoms with E-state index >= 15 is 0 Å². The number of fused-ring (bicyclic) bond motifs is 2. The molecule has 3 nitrogen and oxygen atoms in total. The van der Waals surface area contributed by atoms with Crippen LogP contribution in [-0.4, -0.2) is 17.0 Å². The summed E-state index contributed by atoms with van der Waals surface area (Å²) in [4.78, 5) is 10.8. The fourth-order valence-electron chi connectivity index (χ4n) is 3.38. The molecule has 1 aliphatic carbocycles. The lowest BCUT2D eigenvalue weighted by molar-refractivity contribution is 0.628. The van der Waals surface area contributed by atoms with Crippen molar-refractivity contribution in [3.05, 3.63) is 65.7 Å². The van der Waals surface area contributed by atoms with Crippen molar-refractivity contribution in [2.75, 3.05) is 11.9 Å². The number of nitrogens with zero attached hydrogens (tertiary/aromatic N) is 3. The molecule has 2 aromatic carbocycles. The number of halogens is 1. The van der Waals surface area contributed by atoms with E-state index in [-0.39, 0.29) is 11.9 Å². The molecule has 0 saturated carbocycles. The van der Waals surface area contributed by atoms with Gasteiger partial charge in [0, 0.05) is 12.4 Å². The van der Waals surface area contributed by atoms with Crippen molar-refractivity contribution in [2.45, 2.75) is 18.9 Å². The normalized spacial score (nSPS) is 16.7. The summed E-state index contributed by atoms with van der Waals surface area (Å²) in [5, 5.41) is 0.759. The fourth-order valence-corrected chi connectivity index (χ4v) is 3.38. The molecule has 0 amide bonds. The summed E-state index contributed by atoms with van der Waals surface area (Å²) in [6, 6.07) is 13.4.